The normalized spacial score (nSPS) is 10.7. The average molecular weight is 299 g/mol. The van der Waals surface area contributed by atoms with Crippen molar-refractivity contribution in [3.05, 3.63) is 38.3 Å². The summed E-state index contributed by atoms with van der Waals surface area (Å²) in [6.45, 7) is 4.58. The fourth-order valence-electron chi connectivity index (χ4n) is 1.55. The lowest BCUT2D eigenvalue weighted by atomic mass is 10.1. The van der Waals surface area contributed by atoms with E-state index < -0.39 is 0 Å². The molecule has 2 heterocycles. The zero-order valence-corrected chi connectivity index (χ0v) is 11.4. The quantitative estimate of drug-likeness (QED) is 0.815. The minimum atomic E-state index is 0.0237. The molecule has 2 rings (SSSR count). The van der Waals surface area contributed by atoms with Gasteiger partial charge in [0.1, 0.15) is 5.69 Å². The number of aromatic nitrogens is 2. The minimum Gasteiger partial charge on any atom is -0.287 e. The van der Waals surface area contributed by atoms with E-state index in [9.17, 15) is 4.79 Å². The van der Waals surface area contributed by atoms with E-state index in [1.165, 1.54) is 11.3 Å². The van der Waals surface area contributed by atoms with Gasteiger partial charge >= 0.3 is 0 Å². The molecule has 0 aromatic carbocycles. The number of thiophene rings is 1. The Bertz CT molecular complexity index is 530. The largest absolute Gasteiger partial charge is 0.287 e. The number of hydrogen-bond donors (Lipinski definition) is 0. The molecule has 2 aromatic rings. The van der Waals surface area contributed by atoms with Crippen molar-refractivity contribution >= 4 is 33.0 Å². The van der Waals surface area contributed by atoms with E-state index >= 15 is 0 Å². The van der Waals surface area contributed by atoms with Crippen molar-refractivity contribution in [1.29, 1.82) is 0 Å². The summed E-state index contributed by atoms with van der Waals surface area (Å²) in [7, 11) is 0. The maximum absolute atomic E-state index is 12.2. The van der Waals surface area contributed by atoms with Crippen molar-refractivity contribution < 1.29 is 4.79 Å². The first-order valence-corrected chi connectivity index (χ1v) is 6.68. The van der Waals surface area contributed by atoms with Crippen molar-refractivity contribution in [1.82, 2.24) is 9.78 Å². The van der Waals surface area contributed by atoms with E-state index in [1.807, 2.05) is 30.7 Å². The van der Waals surface area contributed by atoms with Gasteiger partial charge in [0.05, 0.1) is 5.69 Å². The summed E-state index contributed by atoms with van der Waals surface area (Å²) in [6, 6.07) is 1.83. The average Bonchev–Trinajstić information content (AvgIpc) is 2.83. The maximum atomic E-state index is 12.2. The zero-order chi connectivity index (χ0) is 11.7. The highest BCUT2D eigenvalue weighted by Crippen LogP contribution is 2.24. The third-order valence-electron chi connectivity index (χ3n) is 2.29. The van der Waals surface area contributed by atoms with Crippen LogP contribution in [0.5, 0.6) is 0 Å². The number of aryl methyl sites for hydroxylation is 2. The van der Waals surface area contributed by atoms with Gasteiger partial charge in [-0.15, -0.1) is 0 Å². The fourth-order valence-corrected chi connectivity index (χ4v) is 3.01. The molecule has 0 radical (unpaired) electrons. The van der Waals surface area contributed by atoms with Gasteiger partial charge < -0.3 is 0 Å². The molecule has 0 N–H and O–H groups in total. The predicted octanol–water partition coefficient (Wildman–Crippen LogP) is 3.27. The fraction of sp³-hybridized carbons (Fsp3) is 0.273. The van der Waals surface area contributed by atoms with E-state index in [0.717, 1.165) is 10.2 Å². The lowest BCUT2D eigenvalue weighted by molar-refractivity contribution is 0.102. The van der Waals surface area contributed by atoms with Crippen LogP contribution in [0.25, 0.3) is 0 Å². The van der Waals surface area contributed by atoms with Gasteiger partial charge in [0.2, 0.25) is 5.78 Å². The summed E-state index contributed by atoms with van der Waals surface area (Å²) in [5.74, 6) is 0.0237. The van der Waals surface area contributed by atoms with E-state index in [4.69, 9.17) is 0 Å². The molecule has 16 heavy (non-hydrogen) atoms. The van der Waals surface area contributed by atoms with Crippen molar-refractivity contribution in [3.8, 4) is 0 Å². The van der Waals surface area contributed by atoms with Crippen LogP contribution in [0.2, 0.25) is 0 Å². The van der Waals surface area contributed by atoms with Crippen LogP contribution in [0, 0.1) is 6.92 Å². The number of carbonyl (C=O) groups excluding carboxylic acids is 1. The Morgan fingerprint density at radius 3 is 2.88 bits per heavy atom. The molecule has 2 aromatic heterocycles. The summed E-state index contributed by atoms with van der Waals surface area (Å²) in [5.41, 5.74) is 2.23. The molecule has 0 saturated carbocycles. The van der Waals surface area contributed by atoms with Crippen LogP contribution in [0.15, 0.2) is 21.3 Å². The van der Waals surface area contributed by atoms with Crippen LogP contribution in [-0.2, 0) is 6.54 Å². The number of hydrogen-bond acceptors (Lipinski definition) is 3. The Morgan fingerprint density at radius 1 is 1.56 bits per heavy atom. The molecule has 0 amide bonds. The molecule has 0 atom stereocenters. The molecular weight excluding hydrogens is 288 g/mol. The number of nitrogens with zero attached hydrogens (tertiary/aromatic N) is 2. The van der Waals surface area contributed by atoms with Gasteiger partial charge in [-0.1, -0.05) is 0 Å². The topological polar surface area (TPSA) is 34.9 Å². The molecule has 3 nitrogen and oxygen atoms in total. The van der Waals surface area contributed by atoms with Crippen LogP contribution in [-0.4, -0.2) is 15.6 Å². The monoisotopic (exact) mass is 298 g/mol. The summed E-state index contributed by atoms with van der Waals surface area (Å²) in [4.78, 5) is 12.2. The van der Waals surface area contributed by atoms with Gasteiger partial charge in [-0.25, -0.2) is 0 Å². The SMILES string of the molecule is CCn1nc(C)cc1C(=O)c1cscc1Br. The van der Waals surface area contributed by atoms with Gasteiger partial charge in [0.15, 0.2) is 0 Å². The molecule has 0 saturated heterocycles. The Kier molecular flexibility index (Phi) is 3.25. The molecule has 0 aliphatic rings. The highest BCUT2D eigenvalue weighted by Gasteiger charge is 2.18. The predicted molar refractivity (Wildman–Crippen MR) is 68.1 cm³/mol. The smallest absolute Gasteiger partial charge is 0.213 e. The van der Waals surface area contributed by atoms with Crippen molar-refractivity contribution in [3.63, 3.8) is 0 Å². The molecular formula is C11H11BrN2OS. The summed E-state index contributed by atoms with van der Waals surface area (Å²) in [5, 5.41) is 8.04. The van der Waals surface area contributed by atoms with Crippen LogP contribution in [0.1, 0.15) is 28.7 Å². The number of halogens is 1. The lowest BCUT2D eigenvalue weighted by Gasteiger charge is -2.02. The molecule has 5 heteroatoms. The number of rotatable bonds is 3. The second-order valence-electron chi connectivity index (χ2n) is 3.45. The lowest BCUT2D eigenvalue weighted by Crippen LogP contribution is -2.10. The van der Waals surface area contributed by atoms with Crippen LogP contribution < -0.4 is 0 Å². The first-order chi connectivity index (χ1) is 7.63. The summed E-state index contributed by atoms with van der Waals surface area (Å²) < 4.78 is 2.59. The Hall–Kier alpha value is -0.940. The summed E-state index contributed by atoms with van der Waals surface area (Å²) >= 11 is 4.89. The van der Waals surface area contributed by atoms with Crippen LogP contribution >= 0.6 is 27.3 Å². The van der Waals surface area contributed by atoms with E-state index in [2.05, 4.69) is 21.0 Å². The zero-order valence-electron chi connectivity index (χ0n) is 9.03. The molecule has 0 fully saturated rings. The molecule has 0 aliphatic carbocycles. The van der Waals surface area contributed by atoms with Crippen molar-refractivity contribution in [2.75, 3.05) is 0 Å². The third-order valence-corrected chi connectivity index (χ3v) is 4.00. The second-order valence-corrected chi connectivity index (χ2v) is 5.05. The molecule has 0 unspecified atom stereocenters. The molecule has 84 valence electrons. The molecule has 0 aliphatic heterocycles. The van der Waals surface area contributed by atoms with Gasteiger partial charge in [-0.3, -0.25) is 9.48 Å². The van der Waals surface area contributed by atoms with Crippen molar-refractivity contribution in [2.45, 2.75) is 20.4 Å². The van der Waals surface area contributed by atoms with E-state index in [-0.39, 0.29) is 5.78 Å². The van der Waals surface area contributed by atoms with Gasteiger partial charge in [-0.2, -0.15) is 16.4 Å². The molecule has 0 bridgehead atoms. The minimum absolute atomic E-state index is 0.0237. The Morgan fingerprint density at radius 2 is 2.31 bits per heavy atom. The third kappa shape index (κ3) is 1.97. The Balaban J connectivity index is 2.45. The first-order valence-electron chi connectivity index (χ1n) is 4.94. The van der Waals surface area contributed by atoms with Gasteiger partial charge in [0.25, 0.3) is 0 Å². The van der Waals surface area contributed by atoms with Gasteiger partial charge in [-0.05, 0) is 35.8 Å². The number of carbonyl (C=O) groups is 1. The highest BCUT2D eigenvalue weighted by atomic mass is 79.9. The maximum Gasteiger partial charge on any atom is 0.213 e. The van der Waals surface area contributed by atoms with Crippen LogP contribution in [0.4, 0.5) is 0 Å². The van der Waals surface area contributed by atoms with E-state index in [1.54, 1.807) is 4.68 Å². The standard InChI is InChI=1S/C11H11BrN2OS/c1-3-14-10(4-7(2)13-14)11(15)8-5-16-6-9(8)12/h4-6H,3H2,1-2H3. The second kappa shape index (κ2) is 4.51. The molecule has 0 spiro atoms. The Labute approximate surface area is 106 Å². The first kappa shape index (κ1) is 11.5. The highest BCUT2D eigenvalue weighted by molar-refractivity contribution is 9.10. The summed E-state index contributed by atoms with van der Waals surface area (Å²) in [6.07, 6.45) is 0. The number of ketones is 1. The van der Waals surface area contributed by atoms with E-state index in [0.29, 0.717) is 17.8 Å². The van der Waals surface area contributed by atoms with Crippen LogP contribution in [0.3, 0.4) is 0 Å². The van der Waals surface area contributed by atoms with Crippen molar-refractivity contribution in [2.24, 2.45) is 0 Å². The van der Waals surface area contributed by atoms with Gasteiger partial charge in [0, 0.05) is 27.3 Å².